The Bertz CT molecular complexity index is 483. The van der Waals surface area contributed by atoms with Gasteiger partial charge in [-0.15, -0.1) is 0 Å². The maximum atomic E-state index is 12.4. The molecule has 2 heterocycles. The summed E-state index contributed by atoms with van der Waals surface area (Å²) in [7, 11) is 1.85. The van der Waals surface area contributed by atoms with Gasteiger partial charge in [0.25, 0.3) is 0 Å². The fraction of sp³-hybridized carbons (Fsp3) is 0.667. The van der Waals surface area contributed by atoms with Gasteiger partial charge >= 0.3 is 0 Å². The van der Waals surface area contributed by atoms with Gasteiger partial charge in [0.2, 0.25) is 5.91 Å². The van der Waals surface area contributed by atoms with Crippen molar-refractivity contribution >= 4 is 11.6 Å². The summed E-state index contributed by atoms with van der Waals surface area (Å²) >= 11 is 0. The number of rotatable bonds is 2. The van der Waals surface area contributed by atoms with E-state index in [0.29, 0.717) is 13.2 Å². The molecule has 1 saturated heterocycles. The number of carbonyl (C=O) groups is 1. The van der Waals surface area contributed by atoms with Crippen LogP contribution in [0.15, 0.2) is 0 Å². The number of nitrogens with zero attached hydrogens (tertiary/aromatic N) is 2. The van der Waals surface area contributed by atoms with Gasteiger partial charge in [-0.2, -0.15) is 5.10 Å². The first kappa shape index (κ1) is 13.0. The molecule has 2 unspecified atom stereocenters. The zero-order chi connectivity index (χ0) is 13.5. The van der Waals surface area contributed by atoms with Crippen molar-refractivity contribution in [1.29, 1.82) is 0 Å². The molecule has 0 spiro atoms. The third-order valence-electron chi connectivity index (χ3n) is 3.78. The lowest BCUT2D eigenvalue weighted by molar-refractivity contribution is -0.125. The van der Waals surface area contributed by atoms with E-state index < -0.39 is 5.41 Å². The molecule has 2 rings (SSSR count). The Kier molecular flexibility index (Phi) is 3.16. The molecule has 1 aliphatic heterocycles. The molecule has 1 aromatic rings. The molecule has 0 bridgehead atoms. The van der Waals surface area contributed by atoms with Crippen LogP contribution in [0.3, 0.4) is 0 Å². The molecule has 0 radical (unpaired) electrons. The van der Waals surface area contributed by atoms with Crippen molar-refractivity contribution in [3.63, 3.8) is 0 Å². The molecule has 0 aliphatic carbocycles. The molecule has 0 saturated carbocycles. The lowest BCUT2D eigenvalue weighted by Gasteiger charge is -2.25. The number of aryl methyl sites for hydroxylation is 2. The Balaban J connectivity index is 2.22. The van der Waals surface area contributed by atoms with Crippen LogP contribution in [0.1, 0.15) is 18.3 Å². The Morgan fingerprint density at radius 1 is 1.61 bits per heavy atom. The lowest BCUT2D eigenvalue weighted by Crippen LogP contribution is -2.47. The Hall–Kier alpha value is -1.40. The summed E-state index contributed by atoms with van der Waals surface area (Å²) in [5, 5.41) is 7.20. The van der Waals surface area contributed by atoms with Gasteiger partial charge in [0.15, 0.2) is 0 Å². The van der Waals surface area contributed by atoms with E-state index in [1.54, 1.807) is 4.68 Å². The molecule has 1 amide bonds. The molecular weight excluding hydrogens is 232 g/mol. The Morgan fingerprint density at radius 2 is 2.28 bits per heavy atom. The molecule has 6 nitrogen and oxygen atoms in total. The van der Waals surface area contributed by atoms with E-state index in [2.05, 4.69) is 10.4 Å². The highest BCUT2D eigenvalue weighted by Gasteiger charge is 2.44. The van der Waals surface area contributed by atoms with Crippen LogP contribution in [0.25, 0.3) is 0 Å². The molecule has 1 fully saturated rings. The molecule has 1 aliphatic rings. The van der Waals surface area contributed by atoms with Gasteiger partial charge in [-0.25, -0.2) is 0 Å². The molecule has 3 N–H and O–H groups in total. The number of nitrogens with one attached hydrogen (secondary N) is 1. The Morgan fingerprint density at radius 3 is 2.72 bits per heavy atom. The second kappa shape index (κ2) is 4.37. The molecule has 0 aromatic carbocycles. The average molecular weight is 252 g/mol. The van der Waals surface area contributed by atoms with Gasteiger partial charge in [-0.3, -0.25) is 9.48 Å². The van der Waals surface area contributed by atoms with Gasteiger partial charge in [-0.1, -0.05) is 0 Å². The summed E-state index contributed by atoms with van der Waals surface area (Å²) in [6, 6.07) is -0.269. The highest BCUT2D eigenvalue weighted by atomic mass is 16.5. The first-order valence-electron chi connectivity index (χ1n) is 6.01. The standard InChI is InChI=1S/C12H20N4O2/c1-7-10(8(2)16(4)15-7)14-11(17)12(3)6-18-5-9(12)13/h9H,5-6,13H2,1-4H3,(H,14,17). The van der Waals surface area contributed by atoms with Crippen LogP contribution >= 0.6 is 0 Å². The minimum Gasteiger partial charge on any atom is -0.379 e. The third kappa shape index (κ3) is 1.91. The fourth-order valence-corrected chi connectivity index (χ4v) is 2.13. The number of hydrogen-bond acceptors (Lipinski definition) is 4. The zero-order valence-electron chi connectivity index (χ0n) is 11.3. The number of nitrogens with two attached hydrogens (primary N) is 1. The first-order chi connectivity index (χ1) is 8.36. The van der Waals surface area contributed by atoms with E-state index in [-0.39, 0.29) is 11.9 Å². The van der Waals surface area contributed by atoms with Crippen molar-refractivity contribution in [3.8, 4) is 0 Å². The van der Waals surface area contributed by atoms with Gasteiger partial charge in [-0.05, 0) is 20.8 Å². The van der Waals surface area contributed by atoms with E-state index in [1.807, 2.05) is 27.8 Å². The minimum atomic E-state index is -0.672. The number of anilines is 1. The van der Waals surface area contributed by atoms with Crippen LogP contribution in [0, 0.1) is 19.3 Å². The molecular formula is C12H20N4O2. The van der Waals surface area contributed by atoms with Crippen LogP contribution < -0.4 is 11.1 Å². The number of aromatic nitrogens is 2. The summed E-state index contributed by atoms with van der Waals surface area (Å²) in [4.78, 5) is 12.4. The van der Waals surface area contributed by atoms with Gasteiger partial charge in [0.1, 0.15) is 0 Å². The van der Waals surface area contributed by atoms with Gasteiger partial charge in [0, 0.05) is 13.1 Å². The van der Waals surface area contributed by atoms with Crippen molar-refractivity contribution in [1.82, 2.24) is 9.78 Å². The van der Waals surface area contributed by atoms with Crippen molar-refractivity contribution < 1.29 is 9.53 Å². The summed E-state index contributed by atoms with van der Waals surface area (Å²) in [5.74, 6) is -0.105. The monoisotopic (exact) mass is 252 g/mol. The Labute approximate surface area is 106 Å². The van der Waals surface area contributed by atoms with E-state index in [1.165, 1.54) is 0 Å². The SMILES string of the molecule is Cc1nn(C)c(C)c1NC(=O)C1(C)COCC1N. The van der Waals surface area contributed by atoms with Crippen LogP contribution in [0.2, 0.25) is 0 Å². The molecule has 100 valence electrons. The van der Waals surface area contributed by atoms with Gasteiger partial charge in [0.05, 0.1) is 35.7 Å². The van der Waals surface area contributed by atoms with E-state index >= 15 is 0 Å². The predicted molar refractivity (Wildman–Crippen MR) is 68.2 cm³/mol. The summed E-state index contributed by atoms with van der Waals surface area (Å²) in [5.41, 5.74) is 7.77. The number of carbonyl (C=O) groups excluding carboxylic acids is 1. The van der Waals surface area contributed by atoms with E-state index in [9.17, 15) is 4.79 Å². The van der Waals surface area contributed by atoms with Crippen molar-refractivity contribution in [3.05, 3.63) is 11.4 Å². The highest BCUT2D eigenvalue weighted by Crippen LogP contribution is 2.30. The fourth-order valence-electron chi connectivity index (χ4n) is 2.13. The van der Waals surface area contributed by atoms with Crippen LogP contribution in [0.5, 0.6) is 0 Å². The average Bonchev–Trinajstić information content (AvgIpc) is 2.76. The number of ether oxygens (including phenoxy) is 1. The highest BCUT2D eigenvalue weighted by molar-refractivity contribution is 5.96. The summed E-state index contributed by atoms with van der Waals surface area (Å²) < 4.78 is 7.04. The van der Waals surface area contributed by atoms with E-state index in [4.69, 9.17) is 10.5 Å². The number of amides is 1. The largest absolute Gasteiger partial charge is 0.379 e. The second-order valence-corrected chi connectivity index (χ2v) is 5.16. The summed E-state index contributed by atoms with van der Waals surface area (Å²) in [6.07, 6.45) is 0. The minimum absolute atomic E-state index is 0.105. The topological polar surface area (TPSA) is 82.2 Å². The van der Waals surface area contributed by atoms with Gasteiger partial charge < -0.3 is 15.8 Å². The quantitative estimate of drug-likeness (QED) is 0.795. The zero-order valence-corrected chi connectivity index (χ0v) is 11.3. The predicted octanol–water partition coefficient (Wildman–Crippen LogP) is 0.339. The van der Waals surface area contributed by atoms with Crippen LogP contribution in [-0.4, -0.2) is 34.9 Å². The number of hydrogen-bond donors (Lipinski definition) is 2. The first-order valence-corrected chi connectivity index (χ1v) is 6.01. The van der Waals surface area contributed by atoms with Crippen LogP contribution in [-0.2, 0) is 16.6 Å². The maximum Gasteiger partial charge on any atom is 0.234 e. The molecule has 18 heavy (non-hydrogen) atoms. The van der Waals surface area contributed by atoms with E-state index in [0.717, 1.165) is 17.1 Å². The smallest absolute Gasteiger partial charge is 0.234 e. The third-order valence-corrected chi connectivity index (χ3v) is 3.78. The second-order valence-electron chi connectivity index (χ2n) is 5.16. The maximum absolute atomic E-state index is 12.4. The van der Waals surface area contributed by atoms with Crippen LogP contribution in [0.4, 0.5) is 5.69 Å². The lowest BCUT2D eigenvalue weighted by atomic mass is 9.85. The molecule has 2 atom stereocenters. The summed E-state index contributed by atoms with van der Waals surface area (Å²) in [6.45, 7) is 6.41. The molecule has 6 heteroatoms. The van der Waals surface area contributed by atoms with Crippen molar-refractivity contribution in [2.45, 2.75) is 26.8 Å². The van der Waals surface area contributed by atoms with Crippen molar-refractivity contribution in [2.75, 3.05) is 18.5 Å². The normalized spacial score (nSPS) is 27.5. The molecule has 1 aromatic heterocycles. The van der Waals surface area contributed by atoms with Crippen molar-refractivity contribution in [2.24, 2.45) is 18.2 Å².